The zero-order chi connectivity index (χ0) is 15.6. The average molecular weight is 339 g/mol. The second-order valence-electron chi connectivity index (χ2n) is 3.34. The Balaban J connectivity index is 2.81. The molecule has 0 aliphatic carbocycles. The normalized spacial score (nSPS) is 13.2. The zero-order valence-corrected chi connectivity index (χ0v) is 10.8. The first-order valence-corrected chi connectivity index (χ1v) is 5.51. The number of hydrogen-bond donors (Lipinski definition) is 0. The molecule has 3 nitrogen and oxygen atoms in total. The summed E-state index contributed by atoms with van der Waals surface area (Å²) in [5, 5.41) is 0. The molecule has 10 heteroatoms. The Hall–Kier alpha value is -1.12. The summed E-state index contributed by atoms with van der Waals surface area (Å²) in [6.07, 6.45) is -10.5. The molecule has 0 N–H and O–H groups in total. The molecule has 0 amide bonds. The number of ether oxygens (including phenoxy) is 2. The third-order valence-corrected chi connectivity index (χ3v) is 2.22. The summed E-state index contributed by atoms with van der Waals surface area (Å²) in [5.41, 5.74) is 0. The van der Waals surface area contributed by atoms with Gasteiger partial charge in [-0.15, -0.1) is 0 Å². The number of alkyl halides is 7. The number of hydrogen-bond acceptors (Lipinski definition) is 3. The van der Waals surface area contributed by atoms with Gasteiger partial charge in [-0.2, -0.15) is 22.0 Å². The highest BCUT2D eigenvalue weighted by Crippen LogP contribution is 2.44. The molecule has 0 fully saturated rings. The smallest absolute Gasteiger partial charge is 0.420 e. The zero-order valence-electron chi connectivity index (χ0n) is 9.26. The van der Waals surface area contributed by atoms with Crippen molar-refractivity contribution in [2.45, 2.75) is 16.8 Å². The summed E-state index contributed by atoms with van der Waals surface area (Å²) in [7, 11) is 0. The predicted octanol–water partition coefficient (Wildman–Crippen LogP) is 3.90. The number of halogens is 7. The van der Waals surface area contributed by atoms with Gasteiger partial charge in [0.05, 0.1) is 0 Å². The summed E-state index contributed by atoms with van der Waals surface area (Å²) >= 11 is 8.67. The van der Waals surface area contributed by atoms with Crippen LogP contribution in [-0.4, -0.2) is 22.8 Å². The highest BCUT2D eigenvalue weighted by Gasteiger charge is 2.62. The highest BCUT2D eigenvalue weighted by molar-refractivity contribution is 6.47. The van der Waals surface area contributed by atoms with E-state index in [-0.39, 0.29) is 5.75 Å². The summed E-state index contributed by atoms with van der Waals surface area (Å²) in [4.78, 5) is 11.0. The molecule has 0 unspecified atom stereocenters. The van der Waals surface area contributed by atoms with E-state index in [1.165, 1.54) is 18.2 Å². The molecule has 0 aliphatic rings. The third kappa shape index (κ3) is 4.19. The lowest BCUT2D eigenvalue weighted by atomic mass is 10.3. The van der Waals surface area contributed by atoms with Crippen LogP contribution in [0.5, 0.6) is 5.75 Å². The second-order valence-corrected chi connectivity index (χ2v) is 4.57. The number of carbonyl (C=O) groups is 1. The van der Waals surface area contributed by atoms with Crippen LogP contribution in [-0.2, 0) is 9.53 Å². The van der Waals surface area contributed by atoms with E-state index in [1.54, 1.807) is 0 Å². The van der Waals surface area contributed by atoms with Crippen molar-refractivity contribution in [1.29, 1.82) is 0 Å². The lowest BCUT2D eigenvalue weighted by Gasteiger charge is -2.25. The van der Waals surface area contributed by atoms with E-state index in [2.05, 4.69) is 32.7 Å². The molecule has 0 spiro atoms. The quantitative estimate of drug-likeness (QED) is 0.353. The Morgan fingerprint density at radius 2 is 1.50 bits per heavy atom. The first-order valence-electron chi connectivity index (χ1n) is 4.75. The standard InChI is InChI=1S/C10H5Cl2F5O3/c11-9(12,15)10(16,17)20-8(13,14)7(18)19-6-4-2-1-3-5-6/h1-5H. The van der Waals surface area contributed by atoms with Gasteiger partial charge in [0.1, 0.15) is 5.75 Å². The molecular formula is C10H5Cl2F5O3. The molecule has 0 saturated carbocycles. The van der Waals surface area contributed by atoms with Gasteiger partial charge >= 0.3 is 22.8 Å². The van der Waals surface area contributed by atoms with Crippen LogP contribution in [0.4, 0.5) is 22.0 Å². The van der Waals surface area contributed by atoms with Crippen LogP contribution in [0.3, 0.4) is 0 Å². The van der Waals surface area contributed by atoms with Crippen molar-refractivity contribution in [3.63, 3.8) is 0 Å². The highest BCUT2D eigenvalue weighted by atomic mass is 35.5. The maximum atomic E-state index is 13.1. The molecule has 1 aromatic carbocycles. The van der Waals surface area contributed by atoms with Crippen molar-refractivity contribution in [2.75, 3.05) is 0 Å². The molecule has 0 aromatic heterocycles. The third-order valence-electron chi connectivity index (χ3n) is 1.78. The molecule has 112 valence electrons. The summed E-state index contributed by atoms with van der Waals surface area (Å²) < 4.78 is 66.6. The number of carbonyl (C=O) groups excluding carboxylic acids is 1. The summed E-state index contributed by atoms with van der Waals surface area (Å²) in [6.45, 7) is 0. The van der Waals surface area contributed by atoms with Gasteiger partial charge in [-0.3, -0.25) is 0 Å². The van der Waals surface area contributed by atoms with Gasteiger partial charge in [0.2, 0.25) is 0 Å². The van der Waals surface area contributed by atoms with Crippen LogP contribution in [0, 0.1) is 0 Å². The minimum atomic E-state index is -5.34. The largest absolute Gasteiger partial charge is 0.461 e. The van der Waals surface area contributed by atoms with Crippen LogP contribution >= 0.6 is 23.2 Å². The van der Waals surface area contributed by atoms with Gasteiger partial charge in [-0.25, -0.2) is 9.53 Å². The van der Waals surface area contributed by atoms with Crippen molar-refractivity contribution in [3.05, 3.63) is 30.3 Å². The fourth-order valence-corrected chi connectivity index (χ4v) is 0.993. The van der Waals surface area contributed by atoms with Crippen molar-refractivity contribution < 1.29 is 36.2 Å². The van der Waals surface area contributed by atoms with E-state index < -0.39 is 22.8 Å². The van der Waals surface area contributed by atoms with E-state index in [0.29, 0.717) is 0 Å². The number of esters is 1. The molecular weight excluding hydrogens is 334 g/mol. The average Bonchev–Trinajstić information content (AvgIpc) is 2.27. The van der Waals surface area contributed by atoms with E-state index in [1.807, 2.05) is 0 Å². The summed E-state index contributed by atoms with van der Waals surface area (Å²) in [6, 6.07) is 6.36. The fraction of sp³-hybridized carbons (Fsp3) is 0.300. The Labute approximate surface area is 119 Å². The predicted molar refractivity (Wildman–Crippen MR) is 58.6 cm³/mol. The lowest BCUT2D eigenvalue weighted by Crippen LogP contribution is -2.47. The molecule has 0 aliphatic heterocycles. The molecule has 1 rings (SSSR count). The molecule has 1 aromatic rings. The Morgan fingerprint density at radius 1 is 1.00 bits per heavy atom. The lowest BCUT2D eigenvalue weighted by molar-refractivity contribution is -0.376. The maximum Gasteiger partial charge on any atom is 0.461 e. The van der Waals surface area contributed by atoms with E-state index in [0.717, 1.165) is 12.1 Å². The molecule has 0 heterocycles. The molecule has 0 atom stereocenters. The Kier molecular flexibility index (Phi) is 4.83. The summed E-state index contributed by atoms with van der Waals surface area (Å²) in [5.74, 6) is -2.84. The molecule has 0 saturated heterocycles. The number of benzene rings is 1. The first-order chi connectivity index (χ1) is 8.96. The topological polar surface area (TPSA) is 35.5 Å². The van der Waals surface area contributed by atoms with Gasteiger partial charge < -0.3 is 4.74 Å². The van der Waals surface area contributed by atoms with Crippen LogP contribution in [0.25, 0.3) is 0 Å². The van der Waals surface area contributed by atoms with Crippen LogP contribution in [0.2, 0.25) is 0 Å². The SMILES string of the molecule is O=C(Oc1ccccc1)C(F)(F)OC(F)(F)C(F)(Cl)Cl. The van der Waals surface area contributed by atoms with Gasteiger partial charge in [-0.1, -0.05) is 41.4 Å². The van der Waals surface area contributed by atoms with Crippen molar-refractivity contribution in [1.82, 2.24) is 0 Å². The molecule has 20 heavy (non-hydrogen) atoms. The van der Waals surface area contributed by atoms with Crippen molar-refractivity contribution in [2.24, 2.45) is 0 Å². The van der Waals surface area contributed by atoms with Gasteiger partial charge in [0, 0.05) is 0 Å². The minimum Gasteiger partial charge on any atom is -0.420 e. The first kappa shape index (κ1) is 16.9. The van der Waals surface area contributed by atoms with Crippen LogP contribution in [0.1, 0.15) is 0 Å². The van der Waals surface area contributed by atoms with Crippen molar-refractivity contribution >= 4 is 29.2 Å². The van der Waals surface area contributed by atoms with E-state index in [4.69, 9.17) is 0 Å². The van der Waals surface area contributed by atoms with E-state index in [9.17, 15) is 26.7 Å². The monoisotopic (exact) mass is 338 g/mol. The van der Waals surface area contributed by atoms with Crippen LogP contribution < -0.4 is 4.74 Å². The molecule has 0 radical (unpaired) electrons. The Morgan fingerprint density at radius 3 is 1.95 bits per heavy atom. The number of rotatable bonds is 5. The van der Waals surface area contributed by atoms with Crippen molar-refractivity contribution in [3.8, 4) is 5.75 Å². The minimum absolute atomic E-state index is 0.354. The van der Waals surface area contributed by atoms with Gasteiger partial charge in [0.15, 0.2) is 0 Å². The fourth-order valence-electron chi connectivity index (χ4n) is 0.916. The van der Waals surface area contributed by atoms with Gasteiger partial charge in [-0.05, 0) is 12.1 Å². The Bertz CT molecular complexity index is 476. The number of para-hydroxylation sites is 1. The molecule has 0 bridgehead atoms. The van der Waals surface area contributed by atoms with Gasteiger partial charge in [0.25, 0.3) is 0 Å². The van der Waals surface area contributed by atoms with E-state index >= 15 is 0 Å². The maximum absolute atomic E-state index is 13.1. The second kappa shape index (κ2) is 5.71. The van der Waals surface area contributed by atoms with Crippen LogP contribution in [0.15, 0.2) is 30.3 Å².